The number of carbonyl (C=O) groups excluding carboxylic acids is 1. The van der Waals surface area contributed by atoms with Crippen LogP contribution >= 0.6 is 0 Å². The van der Waals surface area contributed by atoms with E-state index in [1.165, 1.54) is 0 Å². The van der Waals surface area contributed by atoms with E-state index in [4.69, 9.17) is 0 Å². The zero-order chi connectivity index (χ0) is 13.2. The quantitative estimate of drug-likeness (QED) is 0.867. The highest BCUT2D eigenvalue weighted by Gasteiger charge is 2.28. The first kappa shape index (κ1) is 12.9. The van der Waals surface area contributed by atoms with Crippen LogP contribution in [-0.2, 0) is 4.79 Å². The van der Waals surface area contributed by atoms with Crippen LogP contribution in [0.15, 0.2) is 24.4 Å². The summed E-state index contributed by atoms with van der Waals surface area (Å²) < 4.78 is 0. The molecule has 1 atom stereocenters. The summed E-state index contributed by atoms with van der Waals surface area (Å²) >= 11 is 0. The maximum absolute atomic E-state index is 11.9. The first-order chi connectivity index (χ1) is 8.47. The molecule has 1 aliphatic heterocycles. The summed E-state index contributed by atoms with van der Waals surface area (Å²) in [7, 11) is 0. The Morgan fingerprint density at radius 2 is 2.22 bits per heavy atom. The number of nitrogens with one attached hydrogen (secondary N) is 1. The third kappa shape index (κ3) is 3.00. The van der Waals surface area contributed by atoms with Gasteiger partial charge in [0.25, 0.3) is 0 Å². The normalized spacial score (nSPS) is 19.9. The molecule has 1 aromatic heterocycles. The standard InChI is InChI=1S/C14H21N3O/c1-14(2,3)13(18)16-11-7-9-17(10-11)12-6-4-5-8-15-12/h4-6,8,11H,7,9-10H2,1-3H3,(H,16,18)/t11-/m1/s1. The highest BCUT2D eigenvalue weighted by Crippen LogP contribution is 2.19. The second kappa shape index (κ2) is 4.96. The molecule has 1 aromatic rings. The Morgan fingerprint density at radius 1 is 1.44 bits per heavy atom. The number of aromatic nitrogens is 1. The highest BCUT2D eigenvalue weighted by atomic mass is 16.2. The van der Waals surface area contributed by atoms with Crippen molar-refractivity contribution in [1.29, 1.82) is 0 Å². The average Bonchev–Trinajstić information content (AvgIpc) is 2.77. The summed E-state index contributed by atoms with van der Waals surface area (Å²) in [6, 6.07) is 6.15. The summed E-state index contributed by atoms with van der Waals surface area (Å²) in [5.74, 6) is 1.11. The molecule has 0 radical (unpaired) electrons. The van der Waals surface area contributed by atoms with Gasteiger partial charge in [-0.2, -0.15) is 0 Å². The van der Waals surface area contributed by atoms with Crippen molar-refractivity contribution in [2.24, 2.45) is 5.41 Å². The lowest BCUT2D eigenvalue weighted by Gasteiger charge is -2.22. The molecule has 0 bridgehead atoms. The minimum absolute atomic E-state index is 0.121. The van der Waals surface area contributed by atoms with Crippen LogP contribution in [-0.4, -0.2) is 30.0 Å². The Balaban J connectivity index is 1.92. The van der Waals surface area contributed by atoms with Crippen LogP contribution < -0.4 is 10.2 Å². The third-order valence-electron chi connectivity index (χ3n) is 3.18. The topological polar surface area (TPSA) is 45.2 Å². The Labute approximate surface area is 108 Å². The zero-order valence-corrected chi connectivity index (χ0v) is 11.3. The van der Waals surface area contributed by atoms with Crippen molar-refractivity contribution in [2.75, 3.05) is 18.0 Å². The molecule has 18 heavy (non-hydrogen) atoms. The van der Waals surface area contributed by atoms with Gasteiger partial charge in [0.05, 0.1) is 0 Å². The van der Waals surface area contributed by atoms with Gasteiger partial charge in [-0.3, -0.25) is 4.79 Å². The summed E-state index contributed by atoms with van der Waals surface area (Å²) in [6.07, 6.45) is 2.79. The van der Waals surface area contributed by atoms with E-state index in [-0.39, 0.29) is 17.4 Å². The van der Waals surface area contributed by atoms with Crippen molar-refractivity contribution < 1.29 is 4.79 Å². The van der Waals surface area contributed by atoms with Crippen molar-refractivity contribution in [3.63, 3.8) is 0 Å². The molecule has 1 amide bonds. The van der Waals surface area contributed by atoms with E-state index in [0.29, 0.717) is 0 Å². The van der Waals surface area contributed by atoms with Gasteiger partial charge >= 0.3 is 0 Å². The molecule has 1 saturated heterocycles. The molecule has 0 spiro atoms. The van der Waals surface area contributed by atoms with Crippen LogP contribution in [0, 0.1) is 5.41 Å². The van der Waals surface area contributed by atoms with Crippen LogP contribution in [0.2, 0.25) is 0 Å². The van der Waals surface area contributed by atoms with Gasteiger partial charge in [0.15, 0.2) is 0 Å². The number of hydrogen-bond donors (Lipinski definition) is 1. The van der Waals surface area contributed by atoms with E-state index in [0.717, 1.165) is 25.3 Å². The molecular formula is C14H21N3O. The fourth-order valence-corrected chi connectivity index (χ4v) is 2.03. The smallest absolute Gasteiger partial charge is 0.225 e. The van der Waals surface area contributed by atoms with Crippen molar-refractivity contribution in [3.05, 3.63) is 24.4 Å². The fourth-order valence-electron chi connectivity index (χ4n) is 2.03. The van der Waals surface area contributed by atoms with Crippen LogP contribution in [0.5, 0.6) is 0 Å². The number of amides is 1. The van der Waals surface area contributed by atoms with Gasteiger partial charge in [-0.05, 0) is 18.6 Å². The van der Waals surface area contributed by atoms with Crippen molar-refractivity contribution in [1.82, 2.24) is 10.3 Å². The van der Waals surface area contributed by atoms with Crippen LogP contribution in [0.4, 0.5) is 5.82 Å². The summed E-state index contributed by atoms with van der Waals surface area (Å²) in [5, 5.41) is 3.11. The number of anilines is 1. The molecule has 0 unspecified atom stereocenters. The SMILES string of the molecule is CC(C)(C)C(=O)N[C@@H]1CCN(c2ccccn2)C1. The van der Waals surface area contributed by atoms with E-state index >= 15 is 0 Å². The fraction of sp³-hybridized carbons (Fsp3) is 0.571. The number of carbonyl (C=O) groups is 1. The minimum atomic E-state index is -0.321. The molecule has 0 saturated carbocycles. The van der Waals surface area contributed by atoms with Crippen LogP contribution in [0.1, 0.15) is 27.2 Å². The van der Waals surface area contributed by atoms with E-state index in [9.17, 15) is 4.79 Å². The molecule has 4 heteroatoms. The summed E-state index contributed by atoms with van der Waals surface area (Å²) in [6.45, 7) is 7.61. The van der Waals surface area contributed by atoms with Gasteiger partial charge in [-0.25, -0.2) is 4.98 Å². The van der Waals surface area contributed by atoms with Gasteiger partial charge < -0.3 is 10.2 Å². The second-order valence-electron chi connectivity index (χ2n) is 5.84. The van der Waals surface area contributed by atoms with E-state index < -0.39 is 0 Å². The largest absolute Gasteiger partial charge is 0.354 e. The predicted molar refractivity (Wildman–Crippen MR) is 72.5 cm³/mol. The Hall–Kier alpha value is -1.58. The molecular weight excluding hydrogens is 226 g/mol. The van der Waals surface area contributed by atoms with Gasteiger partial charge in [-0.15, -0.1) is 0 Å². The number of rotatable bonds is 2. The Morgan fingerprint density at radius 3 is 2.83 bits per heavy atom. The van der Waals surface area contributed by atoms with E-state index in [1.807, 2.05) is 39.0 Å². The monoisotopic (exact) mass is 247 g/mol. The van der Waals surface area contributed by atoms with Gasteiger partial charge in [-0.1, -0.05) is 26.8 Å². The van der Waals surface area contributed by atoms with Crippen LogP contribution in [0.3, 0.4) is 0 Å². The summed E-state index contributed by atoms with van der Waals surface area (Å²) in [4.78, 5) is 18.5. The summed E-state index contributed by atoms with van der Waals surface area (Å²) in [5.41, 5.74) is -0.321. The van der Waals surface area contributed by atoms with E-state index in [2.05, 4.69) is 15.2 Å². The van der Waals surface area contributed by atoms with Crippen molar-refractivity contribution in [2.45, 2.75) is 33.2 Å². The van der Waals surface area contributed by atoms with Gasteiger partial charge in [0, 0.05) is 30.7 Å². The van der Waals surface area contributed by atoms with Crippen molar-refractivity contribution >= 4 is 11.7 Å². The lowest BCUT2D eigenvalue weighted by Crippen LogP contribution is -2.43. The lowest BCUT2D eigenvalue weighted by molar-refractivity contribution is -0.129. The third-order valence-corrected chi connectivity index (χ3v) is 3.18. The minimum Gasteiger partial charge on any atom is -0.354 e. The lowest BCUT2D eigenvalue weighted by atomic mass is 9.95. The molecule has 98 valence electrons. The van der Waals surface area contributed by atoms with E-state index in [1.54, 1.807) is 6.20 Å². The van der Waals surface area contributed by atoms with Crippen LogP contribution in [0.25, 0.3) is 0 Å². The molecule has 2 heterocycles. The number of hydrogen-bond acceptors (Lipinski definition) is 3. The average molecular weight is 247 g/mol. The first-order valence-electron chi connectivity index (χ1n) is 6.44. The molecule has 2 rings (SSSR count). The molecule has 1 fully saturated rings. The maximum Gasteiger partial charge on any atom is 0.225 e. The maximum atomic E-state index is 11.9. The molecule has 4 nitrogen and oxygen atoms in total. The number of pyridine rings is 1. The van der Waals surface area contributed by atoms with Crippen molar-refractivity contribution in [3.8, 4) is 0 Å². The highest BCUT2D eigenvalue weighted by molar-refractivity contribution is 5.81. The molecule has 0 aromatic carbocycles. The number of nitrogens with zero attached hydrogens (tertiary/aromatic N) is 2. The Kier molecular flexibility index (Phi) is 3.55. The predicted octanol–water partition coefficient (Wildman–Crippen LogP) is 1.82. The molecule has 1 aliphatic rings. The zero-order valence-electron chi connectivity index (χ0n) is 11.3. The molecule has 1 N–H and O–H groups in total. The second-order valence-corrected chi connectivity index (χ2v) is 5.84. The van der Waals surface area contributed by atoms with Gasteiger partial charge in [0.1, 0.15) is 5.82 Å². The Bertz CT molecular complexity index is 411. The molecule has 0 aliphatic carbocycles. The first-order valence-corrected chi connectivity index (χ1v) is 6.44. The van der Waals surface area contributed by atoms with Gasteiger partial charge in [0.2, 0.25) is 5.91 Å².